The lowest BCUT2D eigenvalue weighted by Crippen LogP contribution is -2.49. The van der Waals surface area contributed by atoms with Crippen LogP contribution in [0.15, 0.2) is 42.5 Å². The predicted molar refractivity (Wildman–Crippen MR) is 125 cm³/mol. The van der Waals surface area contributed by atoms with Crippen LogP contribution in [0.4, 0.5) is 0 Å². The van der Waals surface area contributed by atoms with Gasteiger partial charge in [0.2, 0.25) is 11.8 Å². The number of hydrogen-bond acceptors (Lipinski definition) is 4. The Labute approximate surface area is 194 Å². The molecule has 0 aromatic heterocycles. The molecule has 1 aliphatic rings. The van der Waals surface area contributed by atoms with E-state index in [9.17, 15) is 9.59 Å². The van der Waals surface area contributed by atoms with Crippen LogP contribution in [0.3, 0.4) is 0 Å². The van der Waals surface area contributed by atoms with Gasteiger partial charge < -0.3 is 19.7 Å². The van der Waals surface area contributed by atoms with Gasteiger partial charge in [-0.25, -0.2) is 0 Å². The highest BCUT2D eigenvalue weighted by atomic mass is 35.5. The second-order valence-electron chi connectivity index (χ2n) is 8.12. The third kappa shape index (κ3) is 6.39. The molecule has 1 aliphatic heterocycles. The van der Waals surface area contributed by atoms with Crippen molar-refractivity contribution in [3.05, 3.63) is 58.6 Å². The highest BCUT2D eigenvalue weighted by molar-refractivity contribution is 6.30. The molecule has 0 bridgehead atoms. The number of fused-ring (bicyclic) bond motifs is 1. The minimum atomic E-state index is -0.601. The van der Waals surface area contributed by atoms with Gasteiger partial charge in [-0.3, -0.25) is 9.59 Å². The maximum atomic E-state index is 13.3. The van der Waals surface area contributed by atoms with Crippen molar-refractivity contribution in [3.63, 3.8) is 0 Å². The zero-order valence-corrected chi connectivity index (χ0v) is 19.7. The second-order valence-corrected chi connectivity index (χ2v) is 8.56. The van der Waals surface area contributed by atoms with E-state index in [1.807, 2.05) is 50.2 Å². The van der Waals surface area contributed by atoms with E-state index in [0.29, 0.717) is 37.0 Å². The van der Waals surface area contributed by atoms with Crippen LogP contribution in [-0.4, -0.2) is 42.0 Å². The molecule has 0 saturated carbocycles. The zero-order valence-electron chi connectivity index (χ0n) is 18.9. The smallest absolute Gasteiger partial charge is 0.242 e. The number of hydrogen-bond donors (Lipinski definition) is 1. The van der Waals surface area contributed by atoms with E-state index in [-0.39, 0.29) is 24.3 Å². The van der Waals surface area contributed by atoms with E-state index in [1.54, 1.807) is 17.9 Å². The van der Waals surface area contributed by atoms with Gasteiger partial charge in [-0.2, -0.15) is 0 Å². The average Bonchev–Trinajstić information content (AvgIpc) is 2.80. The summed E-state index contributed by atoms with van der Waals surface area (Å²) in [5.74, 6) is 1.18. The molecule has 2 amide bonds. The van der Waals surface area contributed by atoms with Gasteiger partial charge in [0.1, 0.15) is 19.3 Å². The standard InChI is InChI=1S/C25H31ClN2O4/c1-4-17(2)27-25(30)18(3)28(16-20-6-5-7-21(26)14-20)24(29)11-9-19-8-10-22-23(15-19)32-13-12-31-22/h5-8,10,14-15,17-18H,4,9,11-13,16H2,1-3H3,(H,27,30)/t17-,18+/m0/s1. The number of ether oxygens (including phenoxy) is 2. The number of aryl methyl sites for hydroxylation is 1. The van der Waals surface area contributed by atoms with Crippen molar-refractivity contribution in [2.75, 3.05) is 13.2 Å². The molecule has 0 spiro atoms. The van der Waals surface area contributed by atoms with Crippen molar-refractivity contribution in [1.82, 2.24) is 10.2 Å². The van der Waals surface area contributed by atoms with E-state index in [0.717, 1.165) is 23.3 Å². The Morgan fingerprint density at radius 2 is 1.81 bits per heavy atom. The van der Waals surface area contributed by atoms with Gasteiger partial charge in [0.05, 0.1) is 0 Å². The summed E-state index contributed by atoms with van der Waals surface area (Å²) in [7, 11) is 0. The molecule has 2 atom stereocenters. The van der Waals surface area contributed by atoms with Crippen molar-refractivity contribution >= 4 is 23.4 Å². The Kier molecular flexibility index (Phi) is 8.39. The lowest BCUT2D eigenvalue weighted by molar-refractivity contribution is -0.140. The summed E-state index contributed by atoms with van der Waals surface area (Å²) in [6.45, 7) is 7.11. The summed E-state index contributed by atoms with van der Waals surface area (Å²) >= 11 is 6.13. The van der Waals surface area contributed by atoms with Gasteiger partial charge in [0.15, 0.2) is 11.5 Å². The number of halogens is 1. The molecule has 172 valence electrons. The van der Waals surface area contributed by atoms with Gasteiger partial charge in [0.25, 0.3) is 0 Å². The molecule has 1 N–H and O–H groups in total. The molecule has 0 fully saturated rings. The minimum absolute atomic E-state index is 0.0470. The molecule has 32 heavy (non-hydrogen) atoms. The molecule has 0 saturated heterocycles. The van der Waals surface area contributed by atoms with Crippen LogP contribution in [-0.2, 0) is 22.6 Å². The fourth-order valence-electron chi connectivity index (χ4n) is 3.52. The third-order valence-electron chi connectivity index (χ3n) is 5.64. The first-order chi connectivity index (χ1) is 15.4. The van der Waals surface area contributed by atoms with Crippen molar-refractivity contribution in [2.24, 2.45) is 0 Å². The summed E-state index contributed by atoms with van der Waals surface area (Å²) < 4.78 is 11.2. The fraction of sp³-hybridized carbons (Fsp3) is 0.440. The molecule has 6 nitrogen and oxygen atoms in total. The summed E-state index contributed by atoms with van der Waals surface area (Å²) in [5.41, 5.74) is 1.87. The molecule has 2 aromatic carbocycles. The summed E-state index contributed by atoms with van der Waals surface area (Å²) in [5, 5.41) is 3.58. The van der Waals surface area contributed by atoms with Gasteiger partial charge in [-0.05, 0) is 62.1 Å². The van der Waals surface area contributed by atoms with Gasteiger partial charge in [-0.1, -0.05) is 36.7 Å². The Hall–Kier alpha value is -2.73. The first-order valence-electron chi connectivity index (χ1n) is 11.1. The number of rotatable bonds is 9. The zero-order chi connectivity index (χ0) is 23.1. The Bertz CT molecular complexity index is 949. The molecular weight excluding hydrogens is 428 g/mol. The van der Waals surface area contributed by atoms with Crippen LogP contribution in [0.1, 0.15) is 44.7 Å². The number of benzene rings is 2. The number of carbonyl (C=O) groups is 2. The van der Waals surface area contributed by atoms with Crippen LogP contribution in [0.2, 0.25) is 5.02 Å². The number of nitrogens with one attached hydrogen (secondary N) is 1. The number of carbonyl (C=O) groups excluding carboxylic acids is 2. The van der Waals surface area contributed by atoms with Gasteiger partial charge in [-0.15, -0.1) is 0 Å². The lowest BCUT2D eigenvalue weighted by atomic mass is 10.1. The van der Waals surface area contributed by atoms with Crippen molar-refractivity contribution in [1.29, 1.82) is 0 Å². The largest absolute Gasteiger partial charge is 0.486 e. The quantitative estimate of drug-likeness (QED) is 0.605. The fourth-order valence-corrected chi connectivity index (χ4v) is 3.73. The molecule has 2 aromatic rings. The molecule has 7 heteroatoms. The van der Waals surface area contributed by atoms with E-state index in [2.05, 4.69) is 5.32 Å². The highest BCUT2D eigenvalue weighted by Crippen LogP contribution is 2.31. The van der Waals surface area contributed by atoms with Crippen LogP contribution in [0.25, 0.3) is 0 Å². The molecule has 3 rings (SSSR count). The number of nitrogens with zero attached hydrogens (tertiary/aromatic N) is 1. The second kappa shape index (κ2) is 11.2. The molecule has 0 unspecified atom stereocenters. The SMILES string of the molecule is CC[C@H](C)NC(=O)[C@@H](C)N(Cc1cccc(Cl)c1)C(=O)CCc1ccc2c(c1)OCCO2. The maximum Gasteiger partial charge on any atom is 0.242 e. The summed E-state index contributed by atoms with van der Waals surface area (Å²) in [6, 6.07) is 12.6. The summed E-state index contributed by atoms with van der Waals surface area (Å²) in [4.78, 5) is 27.7. The van der Waals surface area contributed by atoms with Crippen LogP contribution in [0.5, 0.6) is 11.5 Å². The first kappa shape index (κ1) is 23.9. The molecular formula is C25H31ClN2O4. The van der Waals surface area contributed by atoms with Crippen LogP contribution < -0.4 is 14.8 Å². The molecule has 1 heterocycles. The topological polar surface area (TPSA) is 67.9 Å². The lowest BCUT2D eigenvalue weighted by Gasteiger charge is -2.30. The average molecular weight is 459 g/mol. The van der Waals surface area contributed by atoms with Crippen molar-refractivity contribution in [3.8, 4) is 11.5 Å². The minimum Gasteiger partial charge on any atom is -0.486 e. The van der Waals surface area contributed by atoms with E-state index < -0.39 is 6.04 Å². The summed E-state index contributed by atoms with van der Waals surface area (Å²) in [6.07, 6.45) is 1.65. The van der Waals surface area contributed by atoms with Crippen LogP contribution in [0, 0.1) is 0 Å². The van der Waals surface area contributed by atoms with Crippen molar-refractivity contribution in [2.45, 2.75) is 58.7 Å². The highest BCUT2D eigenvalue weighted by Gasteiger charge is 2.26. The Balaban J connectivity index is 1.72. The van der Waals surface area contributed by atoms with Gasteiger partial charge >= 0.3 is 0 Å². The van der Waals surface area contributed by atoms with E-state index in [4.69, 9.17) is 21.1 Å². The number of amides is 2. The first-order valence-corrected chi connectivity index (χ1v) is 11.5. The Morgan fingerprint density at radius 1 is 1.06 bits per heavy atom. The van der Waals surface area contributed by atoms with E-state index in [1.165, 1.54) is 0 Å². The van der Waals surface area contributed by atoms with E-state index >= 15 is 0 Å². The van der Waals surface area contributed by atoms with Crippen molar-refractivity contribution < 1.29 is 19.1 Å². The third-order valence-corrected chi connectivity index (χ3v) is 5.88. The predicted octanol–water partition coefficient (Wildman–Crippen LogP) is 4.38. The van der Waals surface area contributed by atoms with Gasteiger partial charge in [0, 0.05) is 24.0 Å². The molecule has 0 aliphatic carbocycles. The normalized spacial score (nSPS) is 14.4. The Morgan fingerprint density at radius 3 is 2.53 bits per heavy atom. The van der Waals surface area contributed by atoms with Crippen LogP contribution >= 0.6 is 11.6 Å². The monoisotopic (exact) mass is 458 g/mol. The molecule has 0 radical (unpaired) electrons. The maximum absolute atomic E-state index is 13.3.